The predicted molar refractivity (Wildman–Crippen MR) is 111 cm³/mol. The Bertz CT molecular complexity index is 823. The second-order valence-electron chi connectivity index (χ2n) is 8.99. The quantitative estimate of drug-likeness (QED) is 0.804. The number of hydrogen-bond acceptors (Lipinski definition) is 4. The minimum absolute atomic E-state index is 0.0634. The number of benzene rings is 1. The Labute approximate surface area is 173 Å². The van der Waals surface area contributed by atoms with Crippen LogP contribution < -0.4 is 0 Å². The van der Waals surface area contributed by atoms with E-state index >= 15 is 0 Å². The van der Waals surface area contributed by atoms with Crippen molar-refractivity contribution in [3.8, 4) is 0 Å². The Hall–Kier alpha value is -0.660. The summed E-state index contributed by atoms with van der Waals surface area (Å²) in [7, 11) is -3.53. The van der Waals surface area contributed by atoms with Gasteiger partial charge in [0.05, 0.1) is 11.0 Å². The molecule has 0 bridgehead atoms. The maximum Gasteiger partial charge on any atom is 0.243 e. The molecule has 0 aromatic heterocycles. The topological polar surface area (TPSA) is 60.9 Å². The van der Waals surface area contributed by atoms with Crippen molar-refractivity contribution >= 4 is 21.6 Å². The highest BCUT2D eigenvalue weighted by Gasteiger charge is 2.46. The second-order valence-corrected chi connectivity index (χ2v) is 11.3. The van der Waals surface area contributed by atoms with Gasteiger partial charge in [-0.3, -0.25) is 4.90 Å². The van der Waals surface area contributed by atoms with Gasteiger partial charge in [0.1, 0.15) is 0 Å². The Morgan fingerprint density at radius 1 is 1.11 bits per heavy atom. The van der Waals surface area contributed by atoms with Gasteiger partial charge in [0, 0.05) is 30.7 Å². The molecule has 1 aromatic carbocycles. The minimum Gasteiger partial charge on any atom is -0.393 e. The van der Waals surface area contributed by atoms with Gasteiger partial charge in [0.25, 0.3) is 0 Å². The van der Waals surface area contributed by atoms with Crippen molar-refractivity contribution in [2.75, 3.05) is 26.2 Å². The summed E-state index contributed by atoms with van der Waals surface area (Å²) < 4.78 is 28.4. The fourth-order valence-electron chi connectivity index (χ4n) is 5.41. The van der Waals surface area contributed by atoms with Crippen LogP contribution in [-0.2, 0) is 10.0 Å². The van der Waals surface area contributed by atoms with E-state index in [4.69, 9.17) is 11.6 Å². The van der Waals surface area contributed by atoms with Gasteiger partial charge in [-0.25, -0.2) is 8.42 Å². The lowest BCUT2D eigenvalue weighted by Crippen LogP contribution is -2.48. The van der Waals surface area contributed by atoms with Gasteiger partial charge in [-0.05, 0) is 81.5 Å². The van der Waals surface area contributed by atoms with Crippen LogP contribution in [0.25, 0.3) is 0 Å². The Balaban J connectivity index is 1.49. The summed E-state index contributed by atoms with van der Waals surface area (Å²) in [5.74, 6) is 0. The highest BCUT2D eigenvalue weighted by atomic mass is 35.5. The molecule has 1 aliphatic carbocycles. The SMILES string of the molecule is Cc1c(Cl)cccc1S(=O)(=O)N1CCCC2(CCN(C3CCC(O)CC3)C2)C1. The van der Waals surface area contributed by atoms with Gasteiger partial charge in [-0.1, -0.05) is 17.7 Å². The average molecular weight is 427 g/mol. The molecule has 3 aliphatic rings. The number of sulfonamides is 1. The Morgan fingerprint density at radius 3 is 2.61 bits per heavy atom. The molecule has 2 aliphatic heterocycles. The van der Waals surface area contributed by atoms with Crippen molar-refractivity contribution in [2.45, 2.75) is 68.9 Å². The molecule has 0 amide bonds. The molecular weight excluding hydrogens is 396 g/mol. The van der Waals surface area contributed by atoms with E-state index in [9.17, 15) is 13.5 Å². The summed E-state index contributed by atoms with van der Waals surface area (Å²) in [6.45, 7) is 5.00. The third kappa shape index (κ3) is 3.86. The van der Waals surface area contributed by atoms with Gasteiger partial charge in [-0.2, -0.15) is 4.31 Å². The fourth-order valence-corrected chi connectivity index (χ4v) is 7.48. The van der Waals surface area contributed by atoms with Crippen molar-refractivity contribution in [2.24, 2.45) is 5.41 Å². The molecule has 7 heteroatoms. The number of piperidine rings is 1. The molecule has 28 heavy (non-hydrogen) atoms. The zero-order valence-corrected chi connectivity index (χ0v) is 18.2. The van der Waals surface area contributed by atoms with Crippen molar-refractivity contribution in [3.63, 3.8) is 0 Å². The zero-order chi connectivity index (χ0) is 19.9. The van der Waals surface area contributed by atoms with Crippen LogP contribution in [0.1, 0.15) is 50.5 Å². The molecule has 1 saturated carbocycles. The molecule has 2 heterocycles. The van der Waals surface area contributed by atoms with E-state index in [1.165, 1.54) is 0 Å². The van der Waals surface area contributed by atoms with Crippen molar-refractivity contribution in [3.05, 3.63) is 28.8 Å². The molecule has 1 atom stereocenters. The van der Waals surface area contributed by atoms with E-state index in [1.807, 2.05) is 0 Å². The Kier molecular flexibility index (Phi) is 5.80. The lowest BCUT2D eigenvalue weighted by molar-refractivity contribution is 0.0721. The van der Waals surface area contributed by atoms with E-state index < -0.39 is 10.0 Å². The first-order valence-electron chi connectivity index (χ1n) is 10.5. The molecule has 156 valence electrons. The first-order chi connectivity index (χ1) is 13.3. The average Bonchev–Trinajstić information content (AvgIpc) is 3.07. The summed E-state index contributed by atoms with van der Waals surface area (Å²) in [5, 5.41) is 10.3. The van der Waals surface area contributed by atoms with E-state index in [2.05, 4.69) is 4.90 Å². The molecule has 0 radical (unpaired) electrons. The molecule has 1 N–H and O–H groups in total. The standard InChI is InChI=1S/C21H31ClN2O3S/c1-16-19(22)4-2-5-20(16)28(26,27)24-12-3-10-21(15-24)11-13-23(14-21)17-6-8-18(25)9-7-17/h2,4-5,17-18,25H,3,6-15H2,1H3. The summed E-state index contributed by atoms with van der Waals surface area (Å²) in [6.07, 6.45) is 6.83. The number of hydrogen-bond donors (Lipinski definition) is 1. The second kappa shape index (κ2) is 7.88. The Morgan fingerprint density at radius 2 is 1.86 bits per heavy atom. The molecular formula is C21H31ClN2O3S. The van der Waals surface area contributed by atoms with Crippen LogP contribution in [-0.4, -0.2) is 61.1 Å². The van der Waals surface area contributed by atoms with Crippen LogP contribution in [0.15, 0.2) is 23.1 Å². The molecule has 1 aromatic rings. The lowest BCUT2D eigenvalue weighted by Gasteiger charge is -2.41. The number of aliphatic hydroxyl groups is 1. The number of likely N-dealkylation sites (tertiary alicyclic amines) is 1. The minimum atomic E-state index is -3.53. The summed E-state index contributed by atoms with van der Waals surface area (Å²) in [6, 6.07) is 5.68. The molecule has 5 nitrogen and oxygen atoms in total. The highest BCUT2D eigenvalue weighted by Crippen LogP contribution is 2.42. The van der Waals surface area contributed by atoms with Crippen LogP contribution in [0.3, 0.4) is 0 Å². The molecule has 2 saturated heterocycles. The van der Waals surface area contributed by atoms with Crippen molar-refractivity contribution in [1.29, 1.82) is 0 Å². The van der Waals surface area contributed by atoms with E-state index in [1.54, 1.807) is 29.4 Å². The number of halogens is 1. The van der Waals surface area contributed by atoms with Crippen LogP contribution in [0.2, 0.25) is 5.02 Å². The molecule has 1 spiro atoms. The van der Waals surface area contributed by atoms with Gasteiger partial charge in [-0.15, -0.1) is 0 Å². The lowest BCUT2D eigenvalue weighted by atomic mass is 9.80. The molecule has 1 unspecified atom stereocenters. The normalized spacial score (nSPS) is 32.8. The maximum atomic E-state index is 13.3. The van der Waals surface area contributed by atoms with E-state index in [-0.39, 0.29) is 11.5 Å². The third-order valence-corrected chi connectivity index (χ3v) is 9.51. The summed E-state index contributed by atoms with van der Waals surface area (Å²) in [5.41, 5.74) is 0.700. The fraction of sp³-hybridized carbons (Fsp3) is 0.714. The molecule has 3 fully saturated rings. The van der Waals surface area contributed by atoms with Crippen molar-refractivity contribution < 1.29 is 13.5 Å². The predicted octanol–water partition coefficient (Wildman–Crippen LogP) is 3.43. The van der Waals surface area contributed by atoms with Crippen LogP contribution >= 0.6 is 11.6 Å². The summed E-state index contributed by atoms with van der Waals surface area (Å²) >= 11 is 6.19. The van der Waals surface area contributed by atoms with Crippen LogP contribution in [0, 0.1) is 12.3 Å². The monoisotopic (exact) mass is 426 g/mol. The summed E-state index contributed by atoms with van der Waals surface area (Å²) in [4.78, 5) is 2.90. The van der Waals surface area contributed by atoms with Gasteiger partial charge >= 0.3 is 0 Å². The first-order valence-corrected chi connectivity index (χ1v) is 12.3. The first kappa shape index (κ1) is 20.6. The maximum absolute atomic E-state index is 13.3. The number of rotatable bonds is 3. The smallest absolute Gasteiger partial charge is 0.243 e. The van der Waals surface area contributed by atoms with E-state index in [0.717, 1.165) is 58.0 Å². The van der Waals surface area contributed by atoms with Crippen LogP contribution in [0.4, 0.5) is 0 Å². The van der Waals surface area contributed by atoms with Crippen molar-refractivity contribution in [1.82, 2.24) is 9.21 Å². The van der Waals surface area contributed by atoms with E-state index in [0.29, 0.717) is 34.6 Å². The zero-order valence-electron chi connectivity index (χ0n) is 16.6. The highest BCUT2D eigenvalue weighted by molar-refractivity contribution is 7.89. The molecule has 4 rings (SSSR count). The third-order valence-electron chi connectivity index (χ3n) is 7.11. The number of aliphatic hydroxyl groups excluding tert-OH is 1. The van der Waals surface area contributed by atoms with Crippen LogP contribution in [0.5, 0.6) is 0 Å². The van der Waals surface area contributed by atoms with Gasteiger partial charge < -0.3 is 5.11 Å². The van der Waals surface area contributed by atoms with Gasteiger partial charge in [0.15, 0.2) is 0 Å². The van der Waals surface area contributed by atoms with Gasteiger partial charge in [0.2, 0.25) is 10.0 Å². The largest absolute Gasteiger partial charge is 0.393 e. The number of nitrogens with zero attached hydrogens (tertiary/aromatic N) is 2.